The molecule has 2 aromatic heterocycles. The Morgan fingerprint density at radius 2 is 1.78 bits per heavy atom. The number of nitrogens with zero attached hydrogens (tertiary/aromatic N) is 3. The molecule has 120 valence electrons. The van der Waals surface area contributed by atoms with E-state index >= 15 is 0 Å². The molecule has 3 aromatic rings. The molecule has 0 spiro atoms. The molecular weight excluding hydrogens is 314 g/mol. The summed E-state index contributed by atoms with van der Waals surface area (Å²) in [6.07, 6.45) is -3.75. The van der Waals surface area contributed by atoms with Crippen molar-refractivity contribution in [3.8, 4) is 5.75 Å². The number of hydrogen-bond donors (Lipinski definition) is 0. The van der Waals surface area contributed by atoms with E-state index in [1.807, 2.05) is 0 Å². The molecule has 0 saturated heterocycles. The first-order valence-corrected chi connectivity index (χ1v) is 6.69. The largest absolute Gasteiger partial charge is 0.483 e. The predicted molar refractivity (Wildman–Crippen MR) is 73.4 cm³/mol. The summed E-state index contributed by atoms with van der Waals surface area (Å²) in [5.74, 6) is 0.186. The van der Waals surface area contributed by atoms with Gasteiger partial charge in [0.25, 0.3) is 0 Å². The predicted octanol–water partition coefficient (Wildman–Crippen LogP) is 4.03. The molecule has 0 amide bonds. The molecule has 2 heterocycles. The van der Waals surface area contributed by atoms with Crippen LogP contribution >= 0.6 is 0 Å². The summed E-state index contributed by atoms with van der Waals surface area (Å²) >= 11 is 0. The van der Waals surface area contributed by atoms with Crippen molar-refractivity contribution in [1.82, 2.24) is 14.6 Å². The van der Waals surface area contributed by atoms with Crippen LogP contribution in [0.25, 0.3) is 5.65 Å². The number of ether oxygens (including phenoxy) is 1. The summed E-state index contributed by atoms with van der Waals surface area (Å²) in [6.45, 7) is 1.63. The van der Waals surface area contributed by atoms with Crippen molar-refractivity contribution in [3.63, 3.8) is 0 Å². The quantitative estimate of drug-likeness (QED) is 0.683. The summed E-state index contributed by atoms with van der Waals surface area (Å²) in [6, 6.07) is 7.52. The zero-order valence-electron chi connectivity index (χ0n) is 11.9. The zero-order valence-corrected chi connectivity index (χ0v) is 11.9. The van der Waals surface area contributed by atoms with Crippen molar-refractivity contribution >= 4 is 5.65 Å². The van der Waals surface area contributed by atoms with Gasteiger partial charge in [-0.15, -0.1) is 10.2 Å². The molecule has 1 atom stereocenters. The highest BCUT2D eigenvalue weighted by Gasteiger charge is 2.34. The highest BCUT2D eigenvalue weighted by Crippen LogP contribution is 2.32. The number of alkyl halides is 3. The lowest BCUT2D eigenvalue weighted by Crippen LogP contribution is -2.10. The van der Waals surface area contributed by atoms with Crippen molar-refractivity contribution < 1.29 is 22.3 Å². The van der Waals surface area contributed by atoms with Crippen LogP contribution in [0, 0.1) is 5.82 Å². The van der Waals surface area contributed by atoms with Crippen LogP contribution in [0.15, 0.2) is 42.6 Å². The Labute approximate surface area is 128 Å². The lowest BCUT2D eigenvalue weighted by Gasteiger charge is -2.13. The monoisotopic (exact) mass is 325 g/mol. The standard InChI is InChI=1S/C15H11F4N3O/c1-9(23-11-6-4-10(16)5-7-11)13-20-21-14-12(15(17,18)19)3-2-8-22(13)14/h2-9H,1H3/t9-/m0/s1. The summed E-state index contributed by atoms with van der Waals surface area (Å²) in [5.41, 5.74) is -1.16. The van der Waals surface area contributed by atoms with E-state index in [1.165, 1.54) is 40.9 Å². The number of fused-ring (bicyclic) bond motifs is 1. The number of pyridine rings is 1. The fraction of sp³-hybridized carbons (Fsp3) is 0.200. The second-order valence-electron chi connectivity index (χ2n) is 4.89. The minimum Gasteiger partial charge on any atom is -0.483 e. The first-order valence-electron chi connectivity index (χ1n) is 6.69. The van der Waals surface area contributed by atoms with Crippen molar-refractivity contribution in [2.75, 3.05) is 0 Å². The lowest BCUT2D eigenvalue weighted by atomic mass is 10.2. The maximum absolute atomic E-state index is 13.0. The molecule has 0 aliphatic heterocycles. The Balaban J connectivity index is 1.95. The molecule has 0 aliphatic carbocycles. The summed E-state index contributed by atoms with van der Waals surface area (Å²) in [4.78, 5) is 0. The summed E-state index contributed by atoms with van der Waals surface area (Å²) in [5, 5.41) is 7.41. The van der Waals surface area contributed by atoms with E-state index in [2.05, 4.69) is 10.2 Å². The van der Waals surface area contributed by atoms with E-state index in [0.717, 1.165) is 6.07 Å². The number of halogens is 4. The lowest BCUT2D eigenvalue weighted by molar-refractivity contribution is -0.136. The molecule has 1 aromatic carbocycles. The van der Waals surface area contributed by atoms with Crippen LogP contribution in [-0.4, -0.2) is 14.6 Å². The van der Waals surface area contributed by atoms with Gasteiger partial charge >= 0.3 is 6.18 Å². The van der Waals surface area contributed by atoms with Crippen molar-refractivity contribution in [3.05, 3.63) is 59.8 Å². The van der Waals surface area contributed by atoms with Gasteiger partial charge in [-0.3, -0.25) is 4.40 Å². The molecule has 23 heavy (non-hydrogen) atoms. The van der Waals surface area contributed by atoms with Crippen LogP contribution in [-0.2, 0) is 6.18 Å². The fourth-order valence-corrected chi connectivity index (χ4v) is 2.20. The topological polar surface area (TPSA) is 39.4 Å². The Kier molecular flexibility index (Phi) is 3.67. The molecule has 0 bridgehead atoms. The van der Waals surface area contributed by atoms with Gasteiger partial charge in [-0.1, -0.05) is 0 Å². The van der Waals surface area contributed by atoms with Crippen molar-refractivity contribution in [2.45, 2.75) is 19.2 Å². The van der Waals surface area contributed by atoms with Crippen LogP contribution in [0.5, 0.6) is 5.75 Å². The molecule has 0 unspecified atom stereocenters. The van der Waals surface area contributed by atoms with E-state index in [9.17, 15) is 17.6 Å². The van der Waals surface area contributed by atoms with Crippen LogP contribution < -0.4 is 4.74 Å². The number of benzene rings is 1. The number of rotatable bonds is 3. The Hall–Kier alpha value is -2.64. The van der Waals surface area contributed by atoms with Gasteiger partial charge in [0.1, 0.15) is 17.1 Å². The minimum absolute atomic E-state index is 0.218. The van der Waals surface area contributed by atoms with Gasteiger partial charge in [0.05, 0.1) is 0 Å². The first-order chi connectivity index (χ1) is 10.9. The third kappa shape index (κ3) is 2.96. The Morgan fingerprint density at radius 1 is 1.09 bits per heavy atom. The summed E-state index contributed by atoms with van der Waals surface area (Å²) < 4.78 is 58.6. The third-order valence-corrected chi connectivity index (χ3v) is 3.26. The molecule has 0 radical (unpaired) electrons. The van der Waals surface area contributed by atoms with E-state index in [1.54, 1.807) is 6.92 Å². The molecule has 0 N–H and O–H groups in total. The Morgan fingerprint density at radius 3 is 2.43 bits per heavy atom. The SMILES string of the molecule is C[C@H](Oc1ccc(F)cc1)c1nnc2c(C(F)(F)F)cccn12. The maximum atomic E-state index is 13.0. The maximum Gasteiger partial charge on any atom is 0.420 e. The van der Waals surface area contributed by atoms with Gasteiger partial charge in [0.15, 0.2) is 17.6 Å². The van der Waals surface area contributed by atoms with Crippen LogP contribution in [0.3, 0.4) is 0 Å². The van der Waals surface area contributed by atoms with Gasteiger partial charge in [-0.25, -0.2) is 4.39 Å². The molecule has 0 saturated carbocycles. The van der Waals surface area contributed by atoms with Gasteiger partial charge < -0.3 is 4.74 Å². The highest BCUT2D eigenvalue weighted by atomic mass is 19.4. The van der Waals surface area contributed by atoms with Gasteiger partial charge in [0, 0.05) is 6.20 Å². The van der Waals surface area contributed by atoms with Gasteiger partial charge in [-0.05, 0) is 43.3 Å². The van der Waals surface area contributed by atoms with Crippen LogP contribution in [0.1, 0.15) is 24.4 Å². The molecule has 0 aliphatic rings. The normalized spacial score (nSPS) is 13.3. The number of hydrogen-bond acceptors (Lipinski definition) is 3. The Bertz CT molecular complexity index is 827. The van der Waals surface area contributed by atoms with E-state index in [4.69, 9.17) is 4.74 Å². The molecular formula is C15H11F4N3O. The molecule has 8 heteroatoms. The van der Waals surface area contributed by atoms with Gasteiger partial charge in [-0.2, -0.15) is 13.2 Å². The van der Waals surface area contributed by atoms with E-state index in [0.29, 0.717) is 5.75 Å². The summed E-state index contributed by atoms with van der Waals surface area (Å²) in [7, 11) is 0. The van der Waals surface area contributed by atoms with Crippen LogP contribution in [0.2, 0.25) is 0 Å². The molecule has 0 fully saturated rings. The van der Waals surface area contributed by atoms with Crippen molar-refractivity contribution in [2.24, 2.45) is 0 Å². The average Bonchev–Trinajstić information content (AvgIpc) is 2.92. The first kappa shape index (κ1) is 15.3. The van der Waals surface area contributed by atoms with E-state index < -0.39 is 23.7 Å². The fourth-order valence-electron chi connectivity index (χ4n) is 2.20. The second-order valence-corrected chi connectivity index (χ2v) is 4.89. The van der Waals surface area contributed by atoms with Crippen molar-refractivity contribution in [1.29, 1.82) is 0 Å². The smallest absolute Gasteiger partial charge is 0.420 e. The minimum atomic E-state index is -4.52. The van der Waals surface area contributed by atoms with Gasteiger partial charge in [0.2, 0.25) is 0 Å². The third-order valence-electron chi connectivity index (χ3n) is 3.26. The number of aromatic nitrogens is 3. The highest BCUT2D eigenvalue weighted by molar-refractivity contribution is 5.49. The van der Waals surface area contributed by atoms with Crippen LogP contribution in [0.4, 0.5) is 17.6 Å². The average molecular weight is 325 g/mol. The second kappa shape index (κ2) is 5.53. The molecule has 4 nitrogen and oxygen atoms in total. The van der Waals surface area contributed by atoms with E-state index in [-0.39, 0.29) is 11.5 Å². The zero-order chi connectivity index (χ0) is 16.6. The molecule has 3 rings (SSSR count).